The summed E-state index contributed by atoms with van der Waals surface area (Å²) >= 11 is 0. The maximum absolute atomic E-state index is 13.2. The maximum Gasteiger partial charge on any atom is 0.258 e. The second-order valence-corrected chi connectivity index (χ2v) is 8.58. The molecule has 0 bridgehead atoms. The third-order valence-corrected chi connectivity index (χ3v) is 6.34. The van der Waals surface area contributed by atoms with Gasteiger partial charge >= 0.3 is 0 Å². The summed E-state index contributed by atoms with van der Waals surface area (Å²) in [5.74, 6) is -0.340. The van der Waals surface area contributed by atoms with Crippen molar-refractivity contribution in [1.29, 1.82) is 0 Å². The quantitative estimate of drug-likeness (QED) is 0.727. The molecular weight excluding hydrogens is 400 g/mol. The largest absolute Gasteiger partial charge is 0.507 e. The van der Waals surface area contributed by atoms with Crippen molar-refractivity contribution >= 4 is 0 Å². The maximum atomic E-state index is 13.2. The highest BCUT2D eigenvalue weighted by Crippen LogP contribution is 2.24. The molecule has 4 rings (SSSR count). The van der Waals surface area contributed by atoms with Gasteiger partial charge in [0.15, 0.2) is 0 Å². The average Bonchev–Trinajstić information content (AvgIpc) is 3.41. The van der Waals surface area contributed by atoms with Crippen molar-refractivity contribution in [2.75, 3.05) is 13.2 Å². The molecule has 0 spiro atoms. The zero-order valence-corrected chi connectivity index (χ0v) is 18.1. The van der Waals surface area contributed by atoms with Gasteiger partial charge in [0.1, 0.15) is 11.5 Å². The molecule has 0 aromatic carbocycles. The van der Waals surface area contributed by atoms with Crippen LogP contribution in [0.3, 0.4) is 0 Å². The summed E-state index contributed by atoms with van der Waals surface area (Å²) in [6.07, 6.45) is 3.47. The highest BCUT2D eigenvalue weighted by Gasteiger charge is 2.23. The molecule has 2 aromatic rings. The zero-order valence-electron chi connectivity index (χ0n) is 18.1. The number of aromatic nitrogens is 2. The lowest BCUT2D eigenvalue weighted by Gasteiger charge is -2.19. The smallest absolute Gasteiger partial charge is 0.258 e. The normalized spacial score (nSPS) is 21.1. The van der Waals surface area contributed by atoms with E-state index in [2.05, 4.69) is 0 Å². The molecule has 2 fully saturated rings. The van der Waals surface area contributed by atoms with Crippen molar-refractivity contribution in [3.05, 3.63) is 55.4 Å². The van der Waals surface area contributed by atoms with Crippen LogP contribution in [0.25, 0.3) is 0 Å². The van der Waals surface area contributed by atoms with Crippen molar-refractivity contribution in [3.63, 3.8) is 0 Å². The molecule has 0 radical (unpaired) electrons. The van der Waals surface area contributed by atoms with Gasteiger partial charge in [0, 0.05) is 31.0 Å². The summed E-state index contributed by atoms with van der Waals surface area (Å²) in [4.78, 5) is 26.4. The molecule has 31 heavy (non-hydrogen) atoms. The van der Waals surface area contributed by atoms with Crippen LogP contribution in [0.15, 0.2) is 21.7 Å². The van der Waals surface area contributed by atoms with E-state index >= 15 is 0 Å². The minimum absolute atomic E-state index is 0.0368. The van der Waals surface area contributed by atoms with Gasteiger partial charge in [-0.1, -0.05) is 0 Å². The standard InChI is InChI=1S/C23H30N2O6/c1-14-9-20(26)18(22(28)24(14)12-16-5-3-7-30-16)11-19-21(27)10-15(2)25(23(19)29)13-17-6-4-8-31-17/h9-10,16-17,26-27H,3-8,11-13H2,1-2H3/t16-,17-/m0/s1. The van der Waals surface area contributed by atoms with E-state index in [1.54, 1.807) is 23.0 Å². The first-order valence-corrected chi connectivity index (χ1v) is 10.9. The van der Waals surface area contributed by atoms with Crippen molar-refractivity contribution in [2.24, 2.45) is 0 Å². The number of nitrogens with zero attached hydrogens (tertiary/aromatic N) is 2. The number of ether oxygens (including phenoxy) is 2. The molecule has 0 unspecified atom stereocenters. The molecule has 0 saturated carbocycles. The Morgan fingerprint density at radius 1 is 0.839 bits per heavy atom. The van der Waals surface area contributed by atoms with Crippen molar-refractivity contribution < 1.29 is 19.7 Å². The number of rotatable bonds is 6. The molecule has 168 valence electrons. The number of aryl methyl sites for hydroxylation is 2. The molecule has 2 aliphatic rings. The molecule has 2 aliphatic heterocycles. The lowest BCUT2D eigenvalue weighted by molar-refractivity contribution is 0.0955. The van der Waals surface area contributed by atoms with Crippen molar-refractivity contribution in [1.82, 2.24) is 9.13 Å². The fourth-order valence-electron chi connectivity index (χ4n) is 4.54. The van der Waals surface area contributed by atoms with Crippen LogP contribution in [0.2, 0.25) is 0 Å². The van der Waals surface area contributed by atoms with E-state index in [0.29, 0.717) is 37.7 Å². The SMILES string of the molecule is Cc1cc(O)c(Cc2c(O)cc(C)n(C[C@@H]3CCCO3)c2=O)c(=O)n1C[C@@H]1CCCO1. The second kappa shape index (κ2) is 8.88. The van der Waals surface area contributed by atoms with Crippen LogP contribution in [-0.2, 0) is 29.0 Å². The molecule has 8 heteroatoms. The number of pyridine rings is 2. The first kappa shape index (κ1) is 21.6. The summed E-state index contributed by atoms with van der Waals surface area (Å²) in [5.41, 5.74) is 0.736. The van der Waals surface area contributed by atoms with E-state index in [0.717, 1.165) is 25.7 Å². The van der Waals surface area contributed by atoms with Gasteiger partial charge in [0.2, 0.25) is 0 Å². The lowest BCUT2D eigenvalue weighted by atomic mass is 10.0. The van der Waals surface area contributed by atoms with Crippen LogP contribution in [0.1, 0.15) is 48.2 Å². The Morgan fingerprint density at radius 3 is 1.61 bits per heavy atom. The summed E-state index contributed by atoms with van der Waals surface area (Å²) in [5, 5.41) is 21.0. The summed E-state index contributed by atoms with van der Waals surface area (Å²) in [7, 11) is 0. The van der Waals surface area contributed by atoms with Crippen LogP contribution in [0.5, 0.6) is 11.5 Å². The Labute approximate surface area is 180 Å². The molecule has 2 saturated heterocycles. The van der Waals surface area contributed by atoms with Crippen LogP contribution in [-0.4, -0.2) is 44.8 Å². The predicted octanol–water partition coefficient (Wildman–Crippen LogP) is 1.99. The fourth-order valence-corrected chi connectivity index (χ4v) is 4.54. The van der Waals surface area contributed by atoms with Crippen LogP contribution < -0.4 is 11.1 Å². The number of hydrogen-bond donors (Lipinski definition) is 2. The van der Waals surface area contributed by atoms with E-state index in [1.165, 1.54) is 12.1 Å². The third-order valence-electron chi connectivity index (χ3n) is 6.34. The van der Waals surface area contributed by atoms with Crippen LogP contribution >= 0.6 is 0 Å². The van der Waals surface area contributed by atoms with Gasteiger partial charge in [-0.2, -0.15) is 0 Å². The first-order valence-electron chi connectivity index (χ1n) is 10.9. The Kier molecular flexibility index (Phi) is 6.20. The number of aromatic hydroxyl groups is 2. The molecule has 0 amide bonds. The topological polar surface area (TPSA) is 103 Å². The van der Waals surface area contributed by atoms with Crippen LogP contribution in [0, 0.1) is 13.8 Å². The molecular formula is C23H30N2O6. The lowest BCUT2D eigenvalue weighted by Crippen LogP contribution is -2.33. The molecule has 4 heterocycles. The Bertz CT molecular complexity index is 989. The van der Waals surface area contributed by atoms with Gasteiger partial charge in [-0.25, -0.2) is 0 Å². The summed E-state index contributed by atoms with van der Waals surface area (Å²) in [6, 6.07) is 3.06. The number of hydrogen-bond acceptors (Lipinski definition) is 6. The molecule has 8 nitrogen and oxygen atoms in total. The van der Waals surface area contributed by atoms with Gasteiger partial charge in [-0.3, -0.25) is 9.59 Å². The molecule has 2 aromatic heterocycles. The van der Waals surface area contributed by atoms with Crippen molar-refractivity contribution in [2.45, 2.75) is 71.2 Å². The Hall–Kier alpha value is -2.58. The Morgan fingerprint density at radius 2 is 1.26 bits per heavy atom. The third kappa shape index (κ3) is 4.41. The minimum atomic E-state index is -0.363. The van der Waals surface area contributed by atoms with E-state index in [1.807, 2.05) is 0 Å². The average molecular weight is 431 g/mol. The molecule has 0 aliphatic carbocycles. The van der Waals surface area contributed by atoms with Gasteiger partial charge in [0.25, 0.3) is 11.1 Å². The van der Waals surface area contributed by atoms with E-state index in [9.17, 15) is 19.8 Å². The van der Waals surface area contributed by atoms with E-state index in [4.69, 9.17) is 9.47 Å². The summed E-state index contributed by atoms with van der Waals surface area (Å²) in [6.45, 7) is 5.70. The first-order chi connectivity index (χ1) is 14.8. The minimum Gasteiger partial charge on any atom is -0.507 e. The monoisotopic (exact) mass is 430 g/mol. The zero-order chi connectivity index (χ0) is 22.1. The predicted molar refractivity (Wildman–Crippen MR) is 115 cm³/mol. The van der Waals surface area contributed by atoms with Gasteiger partial charge in [-0.15, -0.1) is 0 Å². The van der Waals surface area contributed by atoms with Crippen molar-refractivity contribution in [3.8, 4) is 11.5 Å². The fraction of sp³-hybridized carbons (Fsp3) is 0.565. The van der Waals surface area contributed by atoms with E-state index < -0.39 is 0 Å². The molecule has 2 N–H and O–H groups in total. The summed E-state index contributed by atoms with van der Waals surface area (Å²) < 4.78 is 14.5. The van der Waals surface area contributed by atoms with E-state index in [-0.39, 0.29) is 52.4 Å². The Balaban J connectivity index is 1.70. The van der Waals surface area contributed by atoms with Crippen LogP contribution in [0.4, 0.5) is 0 Å². The van der Waals surface area contributed by atoms with Gasteiger partial charge < -0.3 is 28.8 Å². The highest BCUT2D eigenvalue weighted by molar-refractivity contribution is 5.41. The van der Waals surface area contributed by atoms with Gasteiger partial charge in [-0.05, 0) is 51.7 Å². The highest BCUT2D eigenvalue weighted by atomic mass is 16.5. The van der Waals surface area contributed by atoms with Gasteiger partial charge in [0.05, 0.1) is 36.4 Å². The molecule has 2 atom stereocenters. The second-order valence-electron chi connectivity index (χ2n) is 8.58.